The van der Waals surface area contributed by atoms with E-state index >= 15 is 0 Å². The van der Waals surface area contributed by atoms with Crippen LogP contribution in [0, 0.1) is 0 Å². The molecule has 4 heteroatoms. The normalized spacial score (nSPS) is 19.7. The molecule has 1 aliphatic heterocycles. The van der Waals surface area contributed by atoms with Gasteiger partial charge in [-0.25, -0.2) is 0 Å². The number of fused-ring (bicyclic) bond motifs is 1. The largest absolute Gasteiger partial charge is 0.459 e. The number of aliphatic hydroxyl groups is 1. The zero-order valence-corrected chi connectivity index (χ0v) is 10.6. The Morgan fingerprint density at radius 2 is 2.07 bits per heavy atom. The van der Waals surface area contributed by atoms with Gasteiger partial charge in [-0.15, -0.1) is 0 Å². The summed E-state index contributed by atoms with van der Waals surface area (Å²) in [5, 5.41) is 9.50. The van der Waals surface area contributed by atoms with Crippen LogP contribution in [0.15, 0.2) is 26.7 Å². The molecule has 0 aliphatic carbocycles. The molecule has 2 rings (SSSR count). The lowest BCUT2D eigenvalue weighted by molar-refractivity contribution is 0.0124. The molecule has 0 aromatic heterocycles. The van der Waals surface area contributed by atoms with Gasteiger partial charge in [-0.05, 0) is 46.6 Å². The molecule has 1 heterocycles. The van der Waals surface area contributed by atoms with Crippen molar-refractivity contribution in [1.82, 2.24) is 0 Å². The molecule has 0 spiro atoms. The van der Waals surface area contributed by atoms with E-state index in [4.69, 9.17) is 4.74 Å². The van der Waals surface area contributed by atoms with E-state index < -0.39 is 6.29 Å². The topological polar surface area (TPSA) is 29.5 Å². The summed E-state index contributed by atoms with van der Waals surface area (Å²) in [5.74, 6) is 0.686. The van der Waals surface area contributed by atoms with Gasteiger partial charge in [0.1, 0.15) is 5.75 Å². The van der Waals surface area contributed by atoms with Gasteiger partial charge in [-0.2, -0.15) is 0 Å². The van der Waals surface area contributed by atoms with Crippen LogP contribution in [0.1, 0.15) is 12.5 Å². The van der Waals surface area contributed by atoms with E-state index in [0.29, 0.717) is 5.75 Å². The van der Waals surface area contributed by atoms with Crippen LogP contribution >= 0.6 is 31.9 Å². The second-order valence-electron chi connectivity index (χ2n) is 3.16. The summed E-state index contributed by atoms with van der Waals surface area (Å²) in [7, 11) is 0. The van der Waals surface area contributed by atoms with Gasteiger partial charge in [-0.3, -0.25) is 0 Å². The number of ether oxygens (including phenoxy) is 1. The highest BCUT2D eigenvalue weighted by atomic mass is 79.9. The molecule has 0 fully saturated rings. The maximum absolute atomic E-state index is 9.50. The monoisotopic (exact) mass is 318 g/mol. The van der Waals surface area contributed by atoms with E-state index in [2.05, 4.69) is 31.9 Å². The molecule has 0 bridgehead atoms. The predicted octanol–water partition coefficient (Wildman–Crippen LogP) is 3.33. The van der Waals surface area contributed by atoms with E-state index in [1.54, 1.807) is 0 Å². The van der Waals surface area contributed by atoms with Crippen molar-refractivity contribution in [3.63, 3.8) is 0 Å². The third-order valence-electron chi connectivity index (χ3n) is 2.04. The number of benzene rings is 1. The van der Waals surface area contributed by atoms with Gasteiger partial charge in [0.05, 0.1) is 4.47 Å². The van der Waals surface area contributed by atoms with Gasteiger partial charge in [-0.1, -0.05) is 15.9 Å². The van der Waals surface area contributed by atoms with Gasteiger partial charge >= 0.3 is 0 Å². The van der Waals surface area contributed by atoms with Crippen molar-refractivity contribution in [3.05, 3.63) is 32.2 Å². The Bertz CT molecular complexity index is 413. The van der Waals surface area contributed by atoms with E-state index in [9.17, 15) is 5.11 Å². The fourth-order valence-corrected chi connectivity index (χ4v) is 2.68. The number of aliphatic hydroxyl groups excluding tert-OH is 1. The first-order valence-electron chi connectivity index (χ1n) is 4.10. The predicted molar refractivity (Wildman–Crippen MR) is 62.1 cm³/mol. The third-order valence-corrected chi connectivity index (χ3v) is 3.09. The molecule has 0 saturated carbocycles. The number of hydrogen-bond acceptors (Lipinski definition) is 2. The van der Waals surface area contributed by atoms with E-state index in [1.165, 1.54) is 0 Å². The van der Waals surface area contributed by atoms with Crippen molar-refractivity contribution in [2.75, 3.05) is 0 Å². The third kappa shape index (κ3) is 1.74. The highest BCUT2D eigenvalue weighted by Gasteiger charge is 2.19. The van der Waals surface area contributed by atoms with Crippen LogP contribution in [0.2, 0.25) is 0 Å². The molecule has 0 radical (unpaired) electrons. The molecule has 74 valence electrons. The molecule has 1 aliphatic rings. The van der Waals surface area contributed by atoms with E-state index in [1.807, 2.05) is 25.1 Å². The summed E-state index contributed by atoms with van der Waals surface area (Å²) in [4.78, 5) is 0. The van der Waals surface area contributed by atoms with Crippen LogP contribution < -0.4 is 4.74 Å². The van der Waals surface area contributed by atoms with Crippen molar-refractivity contribution < 1.29 is 9.84 Å². The molecule has 0 amide bonds. The van der Waals surface area contributed by atoms with Crippen molar-refractivity contribution >= 4 is 37.9 Å². The summed E-state index contributed by atoms with van der Waals surface area (Å²) < 4.78 is 7.17. The zero-order chi connectivity index (χ0) is 10.3. The highest BCUT2D eigenvalue weighted by Crippen LogP contribution is 2.37. The lowest BCUT2D eigenvalue weighted by atomic mass is 10.1. The summed E-state index contributed by atoms with van der Waals surface area (Å²) in [6, 6.07) is 3.84. The first-order chi connectivity index (χ1) is 6.58. The first kappa shape index (κ1) is 10.2. The smallest absolute Gasteiger partial charge is 0.220 e. The number of halogens is 2. The molecule has 1 aromatic carbocycles. The molecule has 1 N–H and O–H groups in total. The molecular formula is C10H8Br2O2. The quantitative estimate of drug-likeness (QED) is 0.795. The number of rotatable bonds is 0. The Labute approximate surface area is 98.8 Å². The molecule has 1 atom stereocenters. The Morgan fingerprint density at radius 3 is 2.79 bits per heavy atom. The minimum atomic E-state index is -0.833. The average Bonchev–Trinajstić information content (AvgIpc) is 2.08. The fraction of sp³-hybridized carbons (Fsp3) is 0.200. The second kappa shape index (κ2) is 3.68. The molecular weight excluding hydrogens is 312 g/mol. The Hall–Kier alpha value is -0.320. The second-order valence-corrected chi connectivity index (χ2v) is 4.93. The average molecular weight is 320 g/mol. The van der Waals surface area contributed by atoms with Crippen molar-refractivity contribution in [3.8, 4) is 5.75 Å². The van der Waals surface area contributed by atoms with Gasteiger partial charge in [0.25, 0.3) is 0 Å². The highest BCUT2D eigenvalue weighted by molar-refractivity contribution is 9.11. The molecule has 1 unspecified atom stereocenters. The van der Waals surface area contributed by atoms with Gasteiger partial charge in [0.15, 0.2) is 0 Å². The first-order valence-corrected chi connectivity index (χ1v) is 5.68. The van der Waals surface area contributed by atoms with Crippen LogP contribution in [-0.2, 0) is 0 Å². The van der Waals surface area contributed by atoms with Crippen molar-refractivity contribution in [2.24, 2.45) is 0 Å². The summed E-state index contributed by atoms with van der Waals surface area (Å²) in [6.07, 6.45) is 1.08. The van der Waals surface area contributed by atoms with Crippen LogP contribution in [0.5, 0.6) is 5.75 Å². The van der Waals surface area contributed by atoms with E-state index in [0.717, 1.165) is 20.1 Å². The van der Waals surface area contributed by atoms with Crippen LogP contribution in [0.3, 0.4) is 0 Å². The lowest BCUT2D eigenvalue weighted by Crippen LogP contribution is -2.20. The van der Waals surface area contributed by atoms with Gasteiger partial charge in [0, 0.05) is 10.0 Å². The Kier molecular flexibility index (Phi) is 2.68. The minimum Gasteiger partial charge on any atom is -0.459 e. The molecule has 0 saturated heterocycles. The summed E-state index contributed by atoms with van der Waals surface area (Å²) >= 11 is 6.78. The summed E-state index contributed by atoms with van der Waals surface area (Å²) in [6.45, 7) is 1.84. The lowest BCUT2D eigenvalue weighted by Gasteiger charge is -2.22. The standard InChI is InChI=1S/C10H8Br2O2/c1-5-2-6-3-7(11)4-8(12)9(6)14-10(5)13/h2-4,10,13H,1H3. The Morgan fingerprint density at radius 1 is 1.36 bits per heavy atom. The SMILES string of the molecule is CC1=Cc2cc(Br)cc(Br)c2OC1O. The number of hydrogen-bond donors (Lipinski definition) is 1. The Balaban J connectivity index is 2.59. The summed E-state index contributed by atoms with van der Waals surface area (Å²) in [5.41, 5.74) is 1.77. The zero-order valence-electron chi connectivity index (χ0n) is 7.42. The van der Waals surface area contributed by atoms with Crippen molar-refractivity contribution in [1.29, 1.82) is 0 Å². The van der Waals surface area contributed by atoms with Gasteiger partial charge in [0.2, 0.25) is 6.29 Å². The minimum absolute atomic E-state index is 0.686. The maximum atomic E-state index is 9.50. The maximum Gasteiger partial charge on any atom is 0.220 e. The fourth-order valence-electron chi connectivity index (χ4n) is 1.33. The molecule has 1 aromatic rings. The van der Waals surface area contributed by atoms with Crippen LogP contribution in [0.4, 0.5) is 0 Å². The van der Waals surface area contributed by atoms with E-state index in [-0.39, 0.29) is 0 Å². The van der Waals surface area contributed by atoms with Gasteiger partial charge < -0.3 is 9.84 Å². The van der Waals surface area contributed by atoms with Crippen LogP contribution in [-0.4, -0.2) is 11.4 Å². The molecule has 2 nitrogen and oxygen atoms in total. The van der Waals surface area contributed by atoms with Crippen LogP contribution in [0.25, 0.3) is 6.08 Å². The van der Waals surface area contributed by atoms with Crippen molar-refractivity contribution in [2.45, 2.75) is 13.2 Å². The molecule has 14 heavy (non-hydrogen) atoms.